The highest BCUT2D eigenvalue weighted by atomic mass is 79.9. The molecule has 1 aromatic heterocycles. The largest absolute Gasteiger partial charge is 0.361 e. The third-order valence-electron chi connectivity index (χ3n) is 4.26. The van der Waals surface area contributed by atoms with Gasteiger partial charge < -0.3 is 4.52 Å². The summed E-state index contributed by atoms with van der Waals surface area (Å²) >= 11 is 3.34. The molecule has 0 spiro atoms. The van der Waals surface area contributed by atoms with Gasteiger partial charge in [0.15, 0.2) is 0 Å². The highest BCUT2D eigenvalue weighted by Gasteiger charge is 2.39. The van der Waals surface area contributed by atoms with Gasteiger partial charge in [-0.25, -0.2) is 8.42 Å². The molecule has 0 bridgehead atoms. The third kappa shape index (κ3) is 2.97. The summed E-state index contributed by atoms with van der Waals surface area (Å²) in [6.45, 7) is 4.39. The molecule has 2 heterocycles. The lowest BCUT2D eigenvalue weighted by Crippen LogP contribution is -2.31. The van der Waals surface area contributed by atoms with E-state index in [0.717, 1.165) is 34.3 Å². The van der Waals surface area contributed by atoms with E-state index in [1.165, 1.54) is 0 Å². The second kappa shape index (κ2) is 6.37. The highest BCUT2D eigenvalue weighted by molar-refractivity contribution is 9.10. The van der Waals surface area contributed by atoms with Gasteiger partial charge in [-0.3, -0.25) is 0 Å². The van der Waals surface area contributed by atoms with E-state index in [9.17, 15) is 8.42 Å². The Morgan fingerprint density at radius 1 is 1.35 bits per heavy atom. The molecule has 0 unspecified atom stereocenters. The quantitative estimate of drug-likeness (QED) is 0.784. The molecule has 1 atom stereocenters. The van der Waals surface area contributed by atoms with Crippen molar-refractivity contribution in [1.82, 2.24) is 9.46 Å². The van der Waals surface area contributed by atoms with Gasteiger partial charge in [-0.05, 0) is 44.0 Å². The minimum absolute atomic E-state index is 0.190. The number of halogens is 1. The number of hydrogen-bond donors (Lipinski definition) is 0. The van der Waals surface area contributed by atoms with Gasteiger partial charge in [0, 0.05) is 23.0 Å². The number of rotatable bonds is 4. The second-order valence-corrected chi connectivity index (χ2v) is 8.49. The lowest BCUT2D eigenvalue weighted by atomic mass is 10.0. The van der Waals surface area contributed by atoms with Crippen molar-refractivity contribution in [2.75, 3.05) is 6.54 Å². The van der Waals surface area contributed by atoms with Crippen LogP contribution in [-0.4, -0.2) is 24.4 Å². The van der Waals surface area contributed by atoms with Crippen molar-refractivity contribution >= 4 is 26.0 Å². The van der Waals surface area contributed by atoms with Crippen LogP contribution in [0.1, 0.15) is 42.8 Å². The molecular weight excluding hydrogens is 380 g/mol. The van der Waals surface area contributed by atoms with Crippen molar-refractivity contribution < 1.29 is 12.9 Å². The van der Waals surface area contributed by atoms with Gasteiger partial charge in [-0.2, -0.15) is 4.31 Å². The van der Waals surface area contributed by atoms with Gasteiger partial charge in [-0.1, -0.05) is 28.0 Å². The lowest BCUT2D eigenvalue weighted by Gasteiger charge is -2.24. The van der Waals surface area contributed by atoms with Crippen molar-refractivity contribution in [3.05, 3.63) is 45.8 Å². The normalized spacial score (nSPS) is 19.3. The molecule has 7 heteroatoms. The van der Waals surface area contributed by atoms with Crippen LogP contribution in [0.5, 0.6) is 0 Å². The van der Waals surface area contributed by atoms with Gasteiger partial charge in [0.05, 0.1) is 16.6 Å². The van der Waals surface area contributed by atoms with Gasteiger partial charge in [0.1, 0.15) is 5.76 Å². The molecule has 23 heavy (non-hydrogen) atoms. The summed E-state index contributed by atoms with van der Waals surface area (Å²) in [4.78, 5) is 0.319. The summed E-state index contributed by atoms with van der Waals surface area (Å²) in [5.74, 6) is 0.783. The monoisotopic (exact) mass is 398 g/mol. The zero-order valence-corrected chi connectivity index (χ0v) is 15.5. The van der Waals surface area contributed by atoms with Crippen LogP contribution in [0.3, 0.4) is 0 Å². The number of aryl methyl sites for hydroxylation is 2. The number of sulfonamides is 1. The molecule has 1 aromatic carbocycles. The number of nitrogens with zero attached hydrogens (tertiary/aromatic N) is 2. The summed E-state index contributed by atoms with van der Waals surface area (Å²) in [7, 11) is -3.53. The summed E-state index contributed by atoms with van der Waals surface area (Å²) in [6, 6.07) is 6.58. The molecule has 5 nitrogen and oxygen atoms in total. The third-order valence-corrected chi connectivity index (χ3v) is 6.71. The fourth-order valence-electron chi connectivity index (χ4n) is 3.16. The molecule has 0 radical (unpaired) electrons. The summed E-state index contributed by atoms with van der Waals surface area (Å²) in [6.07, 6.45) is 2.35. The molecule has 2 aromatic rings. The Morgan fingerprint density at radius 2 is 2.04 bits per heavy atom. The standard InChI is InChI=1S/C16H19BrN2O3S/c1-3-15-16(11(2)18-22-15)14-5-4-10-19(14)23(20,21)13-8-6-12(17)7-9-13/h6-9,14H,3-5,10H2,1-2H3/t14-/m1/s1. The smallest absolute Gasteiger partial charge is 0.243 e. The maximum absolute atomic E-state index is 13.0. The highest BCUT2D eigenvalue weighted by Crippen LogP contribution is 2.39. The Balaban J connectivity index is 2.01. The van der Waals surface area contributed by atoms with Crippen molar-refractivity contribution in [3.63, 3.8) is 0 Å². The van der Waals surface area contributed by atoms with E-state index in [1.807, 2.05) is 13.8 Å². The Kier molecular flexibility index (Phi) is 4.62. The van der Waals surface area contributed by atoms with Crippen molar-refractivity contribution in [1.29, 1.82) is 0 Å². The molecular formula is C16H19BrN2O3S. The Bertz CT molecular complexity index is 799. The summed E-state index contributed by atoms with van der Waals surface area (Å²) in [5.41, 5.74) is 1.72. The average molecular weight is 399 g/mol. The zero-order chi connectivity index (χ0) is 16.6. The van der Waals surface area contributed by atoms with Crippen LogP contribution in [0.4, 0.5) is 0 Å². The number of hydrogen-bond acceptors (Lipinski definition) is 4. The molecule has 0 saturated carbocycles. The van der Waals surface area contributed by atoms with Gasteiger partial charge in [-0.15, -0.1) is 0 Å². The van der Waals surface area contributed by atoms with Crippen molar-refractivity contribution in [2.24, 2.45) is 0 Å². The predicted octanol–water partition coefficient (Wildman–Crippen LogP) is 3.83. The summed E-state index contributed by atoms with van der Waals surface area (Å²) < 4.78 is 33.9. The molecule has 0 aliphatic carbocycles. The Morgan fingerprint density at radius 3 is 2.70 bits per heavy atom. The second-order valence-electron chi connectivity index (χ2n) is 5.69. The SMILES string of the molecule is CCc1onc(C)c1[C@H]1CCCN1S(=O)(=O)c1ccc(Br)cc1. The Hall–Kier alpha value is -1.18. The van der Waals surface area contributed by atoms with Crippen LogP contribution < -0.4 is 0 Å². The fourth-order valence-corrected chi connectivity index (χ4v) is 5.09. The van der Waals surface area contributed by atoms with E-state index in [1.54, 1.807) is 28.6 Å². The van der Waals surface area contributed by atoms with Crippen molar-refractivity contribution in [2.45, 2.75) is 44.0 Å². The van der Waals surface area contributed by atoms with Crippen LogP contribution >= 0.6 is 15.9 Å². The maximum Gasteiger partial charge on any atom is 0.243 e. The Labute approximate surface area is 144 Å². The molecule has 1 aliphatic rings. The summed E-state index contributed by atoms with van der Waals surface area (Å²) in [5, 5.41) is 4.03. The van der Waals surface area contributed by atoms with Crippen LogP contribution in [-0.2, 0) is 16.4 Å². The predicted molar refractivity (Wildman–Crippen MR) is 90.6 cm³/mol. The van der Waals surface area contributed by atoms with E-state index < -0.39 is 10.0 Å². The lowest BCUT2D eigenvalue weighted by molar-refractivity contribution is 0.368. The topological polar surface area (TPSA) is 63.4 Å². The van der Waals surface area contributed by atoms with Gasteiger partial charge in [0.25, 0.3) is 0 Å². The molecule has 1 fully saturated rings. The molecule has 1 saturated heterocycles. The van der Waals surface area contributed by atoms with E-state index in [2.05, 4.69) is 21.1 Å². The molecule has 0 amide bonds. The van der Waals surface area contributed by atoms with Crippen LogP contribution in [0.2, 0.25) is 0 Å². The first-order valence-corrected chi connectivity index (χ1v) is 9.91. The van der Waals surface area contributed by atoms with E-state index in [4.69, 9.17) is 4.52 Å². The minimum Gasteiger partial charge on any atom is -0.361 e. The molecule has 0 N–H and O–H groups in total. The first-order valence-electron chi connectivity index (χ1n) is 7.67. The average Bonchev–Trinajstić information content (AvgIpc) is 3.13. The first kappa shape index (κ1) is 16.7. The van der Waals surface area contributed by atoms with Crippen molar-refractivity contribution in [3.8, 4) is 0 Å². The molecule has 1 aliphatic heterocycles. The number of aromatic nitrogens is 1. The molecule has 124 valence electrons. The maximum atomic E-state index is 13.0. The van der Waals surface area contributed by atoms with Crippen LogP contribution in [0, 0.1) is 6.92 Å². The number of benzene rings is 1. The first-order chi connectivity index (χ1) is 10.9. The van der Waals surface area contributed by atoms with E-state index in [-0.39, 0.29) is 6.04 Å². The molecule has 3 rings (SSSR count). The van der Waals surface area contributed by atoms with E-state index >= 15 is 0 Å². The minimum atomic E-state index is -3.53. The van der Waals surface area contributed by atoms with Gasteiger partial charge in [0.2, 0.25) is 10.0 Å². The van der Waals surface area contributed by atoms with Crippen LogP contribution in [0.25, 0.3) is 0 Å². The van der Waals surface area contributed by atoms with Crippen LogP contribution in [0.15, 0.2) is 38.2 Å². The van der Waals surface area contributed by atoms with Gasteiger partial charge >= 0.3 is 0 Å². The fraction of sp³-hybridized carbons (Fsp3) is 0.438. The van der Waals surface area contributed by atoms with E-state index in [0.29, 0.717) is 17.9 Å². The zero-order valence-electron chi connectivity index (χ0n) is 13.1.